The molecule has 0 rings (SSSR count). The van der Waals surface area contributed by atoms with Crippen molar-refractivity contribution < 1.29 is 23.4 Å². The molecule has 0 aliphatic rings. The van der Waals surface area contributed by atoms with Crippen molar-refractivity contribution in [3.63, 3.8) is 0 Å². The summed E-state index contributed by atoms with van der Waals surface area (Å²) in [4.78, 5) is 9.98. The van der Waals surface area contributed by atoms with Gasteiger partial charge in [-0.2, -0.15) is 0 Å². The first-order valence-corrected chi connectivity index (χ1v) is 8.79. The van der Waals surface area contributed by atoms with Gasteiger partial charge in [0.05, 0.1) is 45.7 Å². The maximum absolute atomic E-state index is 13.1. The highest BCUT2D eigenvalue weighted by Gasteiger charge is 2.08. The van der Waals surface area contributed by atoms with Crippen molar-refractivity contribution in [1.29, 1.82) is 0 Å². The number of nitrogens with one attached hydrogen (secondary N) is 2. The Balaban J connectivity index is 0. The summed E-state index contributed by atoms with van der Waals surface area (Å²) in [7, 11) is 0. The predicted molar refractivity (Wildman–Crippen MR) is 95.1 cm³/mol. The summed E-state index contributed by atoms with van der Waals surface area (Å²) in [5.41, 5.74) is 0. The highest BCUT2D eigenvalue weighted by atomic mass is 19.1. The smallest absolute Gasteiger partial charge is 0.207 e. The summed E-state index contributed by atoms with van der Waals surface area (Å²) < 4.78 is 29.1. The van der Waals surface area contributed by atoms with Crippen LogP contribution in [0.3, 0.4) is 0 Å². The van der Waals surface area contributed by atoms with Crippen molar-refractivity contribution in [3.05, 3.63) is 0 Å². The monoisotopic (exact) mass is 352 g/mol. The molecule has 0 aromatic heterocycles. The van der Waals surface area contributed by atoms with Crippen LogP contribution in [-0.2, 0) is 19.0 Å². The highest BCUT2D eigenvalue weighted by molar-refractivity contribution is 5.45. The molecule has 0 radical (unpaired) electrons. The molecule has 6 nitrogen and oxygen atoms in total. The van der Waals surface area contributed by atoms with E-state index in [0.717, 1.165) is 6.54 Å². The molecular weight excluding hydrogens is 315 g/mol. The third-order valence-electron chi connectivity index (χ3n) is 2.50. The van der Waals surface area contributed by atoms with Crippen LogP contribution in [0.2, 0.25) is 0 Å². The number of hydrogen-bond donors (Lipinski definition) is 2. The minimum Gasteiger partial charge on any atom is -0.378 e. The Morgan fingerprint density at radius 3 is 2.29 bits per heavy atom. The molecule has 0 saturated carbocycles. The van der Waals surface area contributed by atoms with Crippen molar-refractivity contribution in [2.75, 3.05) is 46.1 Å². The second-order valence-corrected chi connectivity index (χ2v) is 5.77. The van der Waals surface area contributed by atoms with E-state index in [1.807, 2.05) is 6.92 Å². The molecule has 2 unspecified atom stereocenters. The molecule has 7 heteroatoms. The summed E-state index contributed by atoms with van der Waals surface area (Å²) in [6.45, 7) is 13.0. The largest absolute Gasteiger partial charge is 0.378 e. The Kier molecular flexibility index (Phi) is 21.5. The Bertz CT molecular complexity index is 259. The first-order valence-electron chi connectivity index (χ1n) is 8.79. The average molecular weight is 352 g/mol. The minimum atomic E-state index is -1.20. The molecule has 146 valence electrons. The molecule has 0 spiro atoms. The Morgan fingerprint density at radius 2 is 1.71 bits per heavy atom. The van der Waals surface area contributed by atoms with Gasteiger partial charge in [0, 0.05) is 12.6 Å². The molecule has 0 bridgehead atoms. The van der Waals surface area contributed by atoms with Crippen molar-refractivity contribution in [2.24, 2.45) is 0 Å². The highest BCUT2D eigenvalue weighted by Crippen LogP contribution is 1.96. The normalized spacial score (nSPS) is 13.1. The molecule has 0 heterocycles. The summed E-state index contributed by atoms with van der Waals surface area (Å²) >= 11 is 0. The lowest BCUT2D eigenvalue weighted by Crippen LogP contribution is -2.28. The Hall–Kier alpha value is -0.760. The predicted octanol–water partition coefficient (Wildman–Crippen LogP) is 1.92. The minimum absolute atomic E-state index is 0.0308. The number of ether oxygens (including phenoxy) is 3. The van der Waals surface area contributed by atoms with Crippen LogP contribution in [0.1, 0.15) is 41.0 Å². The van der Waals surface area contributed by atoms with Crippen molar-refractivity contribution in [2.45, 2.75) is 59.4 Å². The lowest BCUT2D eigenvalue weighted by atomic mass is 10.4. The topological polar surface area (TPSA) is 68.8 Å². The number of rotatable bonds is 15. The fraction of sp³-hybridized carbons (Fsp3) is 0.941. The van der Waals surface area contributed by atoms with Gasteiger partial charge in [0.2, 0.25) is 6.41 Å². The van der Waals surface area contributed by atoms with E-state index in [0.29, 0.717) is 38.9 Å². The first kappa shape index (κ1) is 25.5. The van der Waals surface area contributed by atoms with Crippen molar-refractivity contribution >= 4 is 6.41 Å². The van der Waals surface area contributed by atoms with Crippen LogP contribution in [0, 0.1) is 0 Å². The summed E-state index contributed by atoms with van der Waals surface area (Å²) in [5, 5.41) is 5.51. The van der Waals surface area contributed by atoms with E-state index in [1.165, 1.54) is 6.42 Å². The maximum atomic E-state index is 13.1. The van der Waals surface area contributed by atoms with Crippen LogP contribution in [0.5, 0.6) is 0 Å². The summed E-state index contributed by atoms with van der Waals surface area (Å²) in [6.07, 6.45) is 0.405. The molecule has 0 saturated heterocycles. The van der Waals surface area contributed by atoms with Crippen molar-refractivity contribution in [3.8, 4) is 0 Å². The molecular formula is C17H37FN2O4. The van der Waals surface area contributed by atoms with E-state index in [1.54, 1.807) is 0 Å². The molecule has 0 aliphatic carbocycles. The van der Waals surface area contributed by atoms with E-state index in [9.17, 15) is 9.18 Å². The number of alkyl halides is 1. The lowest BCUT2D eigenvalue weighted by Gasteiger charge is -2.15. The van der Waals surface area contributed by atoms with Crippen LogP contribution in [0.25, 0.3) is 0 Å². The molecule has 2 atom stereocenters. The quantitative estimate of drug-likeness (QED) is 0.348. The molecule has 2 N–H and O–H groups in total. The number of hydrogen-bond acceptors (Lipinski definition) is 5. The number of amides is 1. The number of carbonyl (C=O) groups excluding carboxylic acids is 1. The van der Waals surface area contributed by atoms with E-state index < -0.39 is 6.17 Å². The van der Waals surface area contributed by atoms with Gasteiger partial charge in [0.25, 0.3) is 0 Å². The SMILES string of the molecule is CC(C)NCCOCCOC(C)COCC(F)CNC=O.CCC. The zero-order valence-electron chi connectivity index (χ0n) is 16.0. The van der Waals surface area contributed by atoms with Crippen LogP contribution in [0.4, 0.5) is 4.39 Å². The first-order chi connectivity index (χ1) is 11.5. The Labute approximate surface area is 146 Å². The summed E-state index contributed by atoms with van der Waals surface area (Å²) in [6, 6.07) is 0.461. The molecule has 1 amide bonds. The Morgan fingerprint density at radius 1 is 1.04 bits per heavy atom. The van der Waals surface area contributed by atoms with Gasteiger partial charge in [0.15, 0.2) is 0 Å². The number of carbonyl (C=O) groups is 1. The number of halogens is 1. The van der Waals surface area contributed by atoms with Crippen LogP contribution >= 0.6 is 0 Å². The van der Waals surface area contributed by atoms with Crippen LogP contribution < -0.4 is 10.6 Å². The van der Waals surface area contributed by atoms with Gasteiger partial charge in [-0.1, -0.05) is 34.1 Å². The third-order valence-corrected chi connectivity index (χ3v) is 2.50. The van der Waals surface area contributed by atoms with Gasteiger partial charge >= 0.3 is 0 Å². The lowest BCUT2D eigenvalue weighted by molar-refractivity contribution is -0.109. The van der Waals surface area contributed by atoms with Crippen molar-refractivity contribution in [1.82, 2.24) is 10.6 Å². The van der Waals surface area contributed by atoms with E-state index in [2.05, 4.69) is 38.3 Å². The zero-order valence-corrected chi connectivity index (χ0v) is 16.0. The van der Waals surface area contributed by atoms with E-state index in [-0.39, 0.29) is 19.3 Å². The van der Waals surface area contributed by atoms with Gasteiger partial charge in [-0.3, -0.25) is 4.79 Å². The van der Waals surface area contributed by atoms with E-state index >= 15 is 0 Å². The van der Waals surface area contributed by atoms with Gasteiger partial charge in [0.1, 0.15) is 6.17 Å². The fourth-order valence-electron chi connectivity index (χ4n) is 1.47. The molecule has 0 aromatic carbocycles. The molecule has 0 aromatic rings. The van der Waals surface area contributed by atoms with E-state index in [4.69, 9.17) is 14.2 Å². The average Bonchev–Trinajstić information content (AvgIpc) is 2.52. The van der Waals surface area contributed by atoms with Gasteiger partial charge in [-0.25, -0.2) is 4.39 Å². The molecule has 24 heavy (non-hydrogen) atoms. The zero-order chi connectivity index (χ0) is 18.6. The van der Waals surface area contributed by atoms with Crippen LogP contribution in [0.15, 0.2) is 0 Å². The van der Waals surface area contributed by atoms with Gasteiger partial charge < -0.3 is 24.8 Å². The fourth-order valence-corrected chi connectivity index (χ4v) is 1.47. The summed E-state index contributed by atoms with van der Waals surface area (Å²) in [5.74, 6) is 0. The standard InChI is InChI=1S/C14H29FN2O4.C3H8/c1-12(2)17-4-5-19-6-7-21-13(3)9-20-10-14(15)8-16-11-18;1-3-2/h11-14,17H,4-10H2,1-3H3,(H,16,18);3H2,1-2H3. The molecule has 0 fully saturated rings. The maximum Gasteiger partial charge on any atom is 0.207 e. The molecule has 0 aliphatic heterocycles. The van der Waals surface area contributed by atoms with Gasteiger partial charge in [-0.05, 0) is 6.92 Å². The van der Waals surface area contributed by atoms with Gasteiger partial charge in [-0.15, -0.1) is 0 Å². The van der Waals surface area contributed by atoms with Crippen LogP contribution in [-0.4, -0.2) is 70.9 Å². The second-order valence-electron chi connectivity index (χ2n) is 5.77. The second kappa shape index (κ2) is 20.3. The third kappa shape index (κ3) is 23.5.